The second-order valence-electron chi connectivity index (χ2n) is 2.91. The molecule has 0 aliphatic rings. The normalized spacial score (nSPS) is 10.5. The van der Waals surface area contributed by atoms with E-state index in [1.165, 1.54) is 6.07 Å². The van der Waals surface area contributed by atoms with Crippen LogP contribution in [0.3, 0.4) is 0 Å². The maximum Gasteiger partial charge on any atom is 0.222 e. The second kappa shape index (κ2) is 7.04. The molecular weight excluding hydrogens is 414 g/mol. The van der Waals surface area contributed by atoms with E-state index in [0.29, 0.717) is 0 Å². The summed E-state index contributed by atoms with van der Waals surface area (Å²) in [4.78, 5) is 6.79. The third-order valence-electron chi connectivity index (χ3n) is 1.66. The van der Waals surface area contributed by atoms with Crippen LogP contribution in [0.25, 0.3) is 0 Å². The second-order valence-corrected chi connectivity index (χ2v) is 2.91. The number of nitrogens with two attached hydrogens (primary N) is 3. The minimum absolute atomic E-state index is 0. The maximum atomic E-state index is 13.4. The van der Waals surface area contributed by atoms with Crippen LogP contribution in [0.2, 0.25) is 0 Å². The molecule has 5 nitrogen and oxygen atoms in total. The zero-order chi connectivity index (χ0) is 13.0. The molecule has 0 spiro atoms. The molecule has 0 fully saturated rings. The maximum absolute atomic E-state index is 13.4. The number of hydrogen-bond donors (Lipinski definition) is 3. The molecule has 1 rings (SSSR count). The molecule has 0 saturated heterocycles. The van der Waals surface area contributed by atoms with Gasteiger partial charge in [0.25, 0.3) is 0 Å². The number of nitrogens with zero attached hydrogens (tertiary/aromatic N) is 2. The molecule has 0 heterocycles. The van der Waals surface area contributed by atoms with Crippen LogP contribution in [-0.4, -0.2) is 11.9 Å². The summed E-state index contributed by atoms with van der Waals surface area (Å²) < 4.78 is 38.0. The van der Waals surface area contributed by atoms with E-state index in [1.54, 1.807) is 0 Å². The summed E-state index contributed by atoms with van der Waals surface area (Å²) in [6.07, 6.45) is -2.15. The zero-order valence-electron chi connectivity index (χ0n) is 8.99. The average molecular weight is 423 g/mol. The number of benzene rings is 1. The molecule has 9 heteroatoms. The first-order valence-corrected chi connectivity index (χ1v) is 4.32. The molecule has 0 bridgehead atoms. The summed E-state index contributed by atoms with van der Waals surface area (Å²) in [5.74, 6) is -1.99. The van der Waals surface area contributed by atoms with Gasteiger partial charge in [-0.15, -0.1) is 6.07 Å². The van der Waals surface area contributed by atoms with Crippen molar-refractivity contribution >= 4 is 17.6 Å². The van der Waals surface area contributed by atoms with Gasteiger partial charge in [0.2, 0.25) is 5.96 Å². The van der Waals surface area contributed by atoms with Crippen LogP contribution in [0.1, 0.15) is 5.56 Å². The van der Waals surface area contributed by atoms with Crippen molar-refractivity contribution in [1.29, 1.82) is 0 Å². The number of guanidine groups is 2. The van der Waals surface area contributed by atoms with Crippen LogP contribution < -0.4 is 17.2 Å². The van der Waals surface area contributed by atoms with E-state index in [9.17, 15) is 13.2 Å². The van der Waals surface area contributed by atoms with E-state index < -0.39 is 23.8 Å². The minimum Gasteiger partial charge on any atom is -0.370 e. The fraction of sp³-hybridized carbons (Fsp3) is 0. The van der Waals surface area contributed by atoms with Crippen molar-refractivity contribution in [3.05, 3.63) is 36.0 Å². The van der Waals surface area contributed by atoms with Crippen molar-refractivity contribution in [3.8, 4) is 0 Å². The van der Waals surface area contributed by atoms with Crippen molar-refractivity contribution in [2.45, 2.75) is 0 Å². The monoisotopic (exact) mass is 424 g/mol. The van der Waals surface area contributed by atoms with E-state index in [2.05, 4.69) is 9.98 Å². The molecule has 6 N–H and O–H groups in total. The third kappa shape index (κ3) is 4.40. The van der Waals surface area contributed by atoms with E-state index >= 15 is 0 Å². The van der Waals surface area contributed by atoms with Gasteiger partial charge >= 0.3 is 0 Å². The standard InChI is InChI=1S/C9H9F3N5.Hf/c10-6-4(7(11)12)2-1-3-5(6)16-9(15)17-8(13)14;/h1-3H,(H6,13,14,15,16,17);/q-1;. The van der Waals surface area contributed by atoms with Crippen molar-refractivity contribution in [2.24, 2.45) is 27.2 Å². The van der Waals surface area contributed by atoms with Crippen molar-refractivity contribution < 1.29 is 39.0 Å². The van der Waals surface area contributed by atoms with Gasteiger partial charge in [-0.25, -0.2) is 4.99 Å². The van der Waals surface area contributed by atoms with E-state index in [4.69, 9.17) is 17.2 Å². The SMILES string of the molecule is NC(N)=NC(N)=Nc1cccc([C-](F)F)c1F.[Hf]. The molecule has 0 atom stereocenters. The number of hydrogen-bond acceptors (Lipinski definition) is 1. The van der Waals surface area contributed by atoms with Crippen molar-refractivity contribution in [2.75, 3.05) is 0 Å². The van der Waals surface area contributed by atoms with E-state index in [1.807, 2.05) is 0 Å². The molecular formula is C9H9F3HfN5-. The Labute approximate surface area is 120 Å². The molecule has 0 aliphatic carbocycles. The predicted molar refractivity (Wildman–Crippen MR) is 58.1 cm³/mol. The molecule has 0 amide bonds. The van der Waals surface area contributed by atoms with Crippen LogP contribution in [0.15, 0.2) is 28.2 Å². The van der Waals surface area contributed by atoms with Crippen LogP contribution in [0.5, 0.6) is 0 Å². The number of halogens is 3. The molecule has 0 aromatic heterocycles. The zero-order valence-corrected chi connectivity index (χ0v) is 12.6. The minimum atomic E-state index is -2.15. The summed E-state index contributed by atoms with van der Waals surface area (Å²) in [7, 11) is 0. The van der Waals surface area contributed by atoms with Gasteiger partial charge in [-0.05, 0) is 0 Å². The first kappa shape index (κ1) is 16.5. The summed E-state index contributed by atoms with van der Waals surface area (Å²) >= 11 is 0. The summed E-state index contributed by atoms with van der Waals surface area (Å²) in [5.41, 5.74) is 14.0. The van der Waals surface area contributed by atoms with Gasteiger partial charge in [-0.2, -0.15) is 11.1 Å². The summed E-state index contributed by atoms with van der Waals surface area (Å²) in [6, 6.07) is 3.29. The quantitative estimate of drug-likeness (QED) is 0.284. The Hall–Kier alpha value is -1.51. The largest absolute Gasteiger partial charge is 0.370 e. The van der Waals surface area contributed by atoms with Gasteiger partial charge in [0.15, 0.2) is 12.4 Å². The Morgan fingerprint density at radius 2 is 1.78 bits per heavy atom. The Bertz CT molecular complexity index is 471. The van der Waals surface area contributed by atoms with Gasteiger partial charge in [0.05, 0.1) is 0 Å². The molecule has 0 aliphatic heterocycles. The predicted octanol–water partition coefficient (Wildman–Crippen LogP) is 0.819. The topological polar surface area (TPSA) is 103 Å². The van der Waals surface area contributed by atoms with Crippen LogP contribution in [-0.2, 0) is 25.8 Å². The van der Waals surface area contributed by atoms with Crippen molar-refractivity contribution in [3.63, 3.8) is 0 Å². The van der Waals surface area contributed by atoms with E-state index in [-0.39, 0.29) is 37.5 Å². The molecule has 0 saturated carbocycles. The van der Waals surface area contributed by atoms with Gasteiger partial charge in [-0.1, -0.05) is 11.6 Å². The van der Waals surface area contributed by atoms with Crippen molar-refractivity contribution in [1.82, 2.24) is 0 Å². The first-order valence-electron chi connectivity index (χ1n) is 4.32. The Morgan fingerprint density at radius 1 is 1.17 bits per heavy atom. The molecule has 96 valence electrons. The summed E-state index contributed by atoms with van der Waals surface area (Å²) in [6.45, 7) is 0. The Balaban J connectivity index is 0.00000289. The van der Waals surface area contributed by atoms with Crippen LogP contribution >= 0.6 is 0 Å². The Kier molecular flexibility index (Phi) is 6.45. The third-order valence-corrected chi connectivity index (χ3v) is 1.66. The molecule has 1 aromatic rings. The molecule has 18 heavy (non-hydrogen) atoms. The van der Waals surface area contributed by atoms with E-state index in [0.717, 1.165) is 12.1 Å². The van der Waals surface area contributed by atoms with Gasteiger partial charge in [-0.3, -0.25) is 13.2 Å². The fourth-order valence-corrected chi connectivity index (χ4v) is 1.03. The average Bonchev–Trinajstić information content (AvgIpc) is 2.19. The smallest absolute Gasteiger partial charge is 0.222 e. The molecule has 1 aromatic carbocycles. The van der Waals surface area contributed by atoms with Crippen LogP contribution in [0.4, 0.5) is 18.9 Å². The van der Waals surface area contributed by atoms with Gasteiger partial charge < -0.3 is 17.2 Å². The fourth-order valence-electron chi connectivity index (χ4n) is 1.03. The number of rotatable bonds is 2. The summed E-state index contributed by atoms with van der Waals surface area (Å²) in [5, 5.41) is 0. The Morgan fingerprint density at radius 3 is 2.28 bits per heavy atom. The molecule has 0 radical (unpaired) electrons. The molecule has 0 unspecified atom stereocenters. The number of aliphatic imine (C=N–C) groups is 2. The van der Waals surface area contributed by atoms with Crippen LogP contribution in [0, 0.1) is 12.2 Å². The van der Waals surface area contributed by atoms with Gasteiger partial charge in [0.1, 0.15) is 0 Å². The first-order chi connectivity index (χ1) is 7.91. The van der Waals surface area contributed by atoms with Gasteiger partial charge in [0, 0.05) is 37.3 Å².